The molecule has 0 radical (unpaired) electrons. The molecule has 1 N–H and O–H groups in total. The predicted molar refractivity (Wildman–Crippen MR) is 64.6 cm³/mol. The SMILES string of the molecule is CNCCN(C)C(=O)CN1CCCC1=O.Cl. The van der Waals surface area contributed by atoms with Gasteiger partial charge in [0.25, 0.3) is 0 Å². The Kier molecular flexibility index (Phi) is 7.08. The average molecular weight is 250 g/mol. The second-order valence-corrected chi connectivity index (χ2v) is 3.84. The molecule has 0 unspecified atom stereocenters. The number of likely N-dealkylation sites (N-methyl/N-ethyl adjacent to an activating group) is 2. The summed E-state index contributed by atoms with van der Waals surface area (Å²) < 4.78 is 0. The molecule has 0 saturated carbocycles. The molecule has 1 aliphatic rings. The largest absolute Gasteiger partial charge is 0.343 e. The lowest BCUT2D eigenvalue weighted by Crippen LogP contribution is -2.41. The zero-order chi connectivity index (χ0) is 11.3. The Bertz CT molecular complexity index is 248. The highest BCUT2D eigenvalue weighted by Gasteiger charge is 2.23. The Morgan fingerprint density at radius 1 is 1.56 bits per heavy atom. The van der Waals surface area contributed by atoms with E-state index in [4.69, 9.17) is 0 Å². The van der Waals surface area contributed by atoms with Crippen LogP contribution in [0.25, 0.3) is 0 Å². The third-order valence-electron chi connectivity index (χ3n) is 2.62. The van der Waals surface area contributed by atoms with Crippen LogP contribution in [0.15, 0.2) is 0 Å². The summed E-state index contributed by atoms with van der Waals surface area (Å²) in [6, 6.07) is 0. The number of rotatable bonds is 5. The van der Waals surface area contributed by atoms with Gasteiger partial charge in [0.05, 0.1) is 6.54 Å². The minimum atomic E-state index is 0. The van der Waals surface area contributed by atoms with E-state index in [1.807, 2.05) is 7.05 Å². The van der Waals surface area contributed by atoms with Gasteiger partial charge in [-0.05, 0) is 13.5 Å². The van der Waals surface area contributed by atoms with Gasteiger partial charge < -0.3 is 15.1 Å². The van der Waals surface area contributed by atoms with Gasteiger partial charge in [0, 0.05) is 33.1 Å². The molecule has 1 rings (SSSR count). The molecule has 1 saturated heterocycles. The van der Waals surface area contributed by atoms with Crippen molar-refractivity contribution in [1.82, 2.24) is 15.1 Å². The van der Waals surface area contributed by atoms with Gasteiger partial charge >= 0.3 is 0 Å². The first-order valence-electron chi connectivity index (χ1n) is 5.31. The van der Waals surface area contributed by atoms with Gasteiger partial charge in [0.1, 0.15) is 0 Å². The summed E-state index contributed by atoms with van der Waals surface area (Å²) in [5, 5.41) is 2.98. The van der Waals surface area contributed by atoms with Crippen molar-refractivity contribution in [3.05, 3.63) is 0 Å². The molecule has 0 atom stereocenters. The van der Waals surface area contributed by atoms with Crippen LogP contribution >= 0.6 is 12.4 Å². The molecule has 94 valence electrons. The van der Waals surface area contributed by atoms with Crippen molar-refractivity contribution in [3.63, 3.8) is 0 Å². The summed E-state index contributed by atoms with van der Waals surface area (Å²) >= 11 is 0. The third kappa shape index (κ3) is 4.37. The van der Waals surface area contributed by atoms with Gasteiger partial charge in [-0.2, -0.15) is 0 Å². The molecule has 6 heteroatoms. The van der Waals surface area contributed by atoms with Gasteiger partial charge in [0.2, 0.25) is 11.8 Å². The van der Waals surface area contributed by atoms with Crippen molar-refractivity contribution in [2.45, 2.75) is 12.8 Å². The molecule has 2 amide bonds. The predicted octanol–water partition coefficient (Wildman–Crippen LogP) is -0.292. The van der Waals surface area contributed by atoms with E-state index in [2.05, 4.69) is 5.32 Å². The van der Waals surface area contributed by atoms with Gasteiger partial charge in [-0.25, -0.2) is 0 Å². The molecule has 0 spiro atoms. The topological polar surface area (TPSA) is 52.7 Å². The summed E-state index contributed by atoms with van der Waals surface area (Å²) in [4.78, 5) is 26.2. The van der Waals surface area contributed by atoms with Crippen molar-refractivity contribution in [2.24, 2.45) is 0 Å². The molecule has 0 aromatic carbocycles. The number of amides is 2. The van der Waals surface area contributed by atoms with Crippen LogP contribution < -0.4 is 5.32 Å². The number of carbonyl (C=O) groups excluding carboxylic acids is 2. The van der Waals surface area contributed by atoms with Crippen LogP contribution in [-0.4, -0.2) is 61.9 Å². The monoisotopic (exact) mass is 249 g/mol. The molecule has 0 aliphatic carbocycles. The second kappa shape index (κ2) is 7.46. The van der Waals surface area contributed by atoms with E-state index >= 15 is 0 Å². The van der Waals surface area contributed by atoms with Crippen LogP contribution in [0.1, 0.15) is 12.8 Å². The van der Waals surface area contributed by atoms with Crippen molar-refractivity contribution >= 4 is 24.2 Å². The summed E-state index contributed by atoms with van der Waals surface area (Å²) in [5.74, 6) is 0.117. The molecule has 0 bridgehead atoms. The summed E-state index contributed by atoms with van der Waals surface area (Å²) in [7, 11) is 3.61. The fraction of sp³-hybridized carbons (Fsp3) is 0.800. The molecular formula is C10H20ClN3O2. The first-order chi connectivity index (χ1) is 7.15. The molecule has 1 aliphatic heterocycles. The molecule has 0 aromatic heterocycles. The zero-order valence-electron chi connectivity index (χ0n) is 9.86. The Morgan fingerprint density at radius 2 is 2.25 bits per heavy atom. The second-order valence-electron chi connectivity index (χ2n) is 3.84. The average Bonchev–Trinajstić information content (AvgIpc) is 2.61. The number of hydrogen-bond donors (Lipinski definition) is 1. The van der Waals surface area contributed by atoms with Gasteiger partial charge in [-0.1, -0.05) is 0 Å². The number of carbonyl (C=O) groups is 2. The molecule has 1 fully saturated rings. The van der Waals surface area contributed by atoms with Crippen LogP contribution in [0.4, 0.5) is 0 Å². The lowest BCUT2D eigenvalue weighted by atomic mass is 10.4. The summed E-state index contributed by atoms with van der Waals surface area (Å²) in [5.41, 5.74) is 0. The quantitative estimate of drug-likeness (QED) is 0.729. The standard InChI is InChI=1S/C10H19N3O2.ClH/c1-11-5-7-12(2)10(15)8-13-6-3-4-9(13)14;/h11H,3-8H2,1-2H3;1H. The highest BCUT2D eigenvalue weighted by Crippen LogP contribution is 2.09. The van der Waals surface area contributed by atoms with E-state index in [0.29, 0.717) is 13.0 Å². The maximum absolute atomic E-state index is 11.7. The normalized spacial score (nSPS) is 14.9. The Labute approximate surface area is 103 Å². The number of halogens is 1. The van der Waals surface area contributed by atoms with Gasteiger partial charge in [-0.15, -0.1) is 12.4 Å². The maximum atomic E-state index is 11.7. The Hall–Kier alpha value is -0.810. The molecule has 5 nitrogen and oxygen atoms in total. The summed E-state index contributed by atoms with van der Waals surface area (Å²) in [6.45, 7) is 2.41. The molecule has 1 heterocycles. The van der Waals surface area contributed by atoms with E-state index in [0.717, 1.165) is 19.5 Å². The van der Waals surface area contributed by atoms with Crippen molar-refractivity contribution in [3.8, 4) is 0 Å². The first kappa shape index (κ1) is 15.2. The molecular weight excluding hydrogens is 230 g/mol. The number of hydrogen-bond acceptors (Lipinski definition) is 3. The fourth-order valence-corrected chi connectivity index (χ4v) is 1.56. The smallest absolute Gasteiger partial charge is 0.241 e. The van der Waals surface area contributed by atoms with Crippen molar-refractivity contribution in [2.75, 3.05) is 40.3 Å². The number of nitrogens with one attached hydrogen (secondary N) is 1. The van der Waals surface area contributed by atoms with Crippen LogP contribution in [0, 0.1) is 0 Å². The highest BCUT2D eigenvalue weighted by atomic mass is 35.5. The molecule has 0 aromatic rings. The third-order valence-corrected chi connectivity index (χ3v) is 2.62. The minimum absolute atomic E-state index is 0. The van der Waals surface area contributed by atoms with Crippen LogP contribution in [-0.2, 0) is 9.59 Å². The van der Waals surface area contributed by atoms with E-state index in [9.17, 15) is 9.59 Å². The highest BCUT2D eigenvalue weighted by molar-refractivity contribution is 5.86. The lowest BCUT2D eigenvalue weighted by molar-refractivity contribution is -0.137. The minimum Gasteiger partial charge on any atom is -0.343 e. The van der Waals surface area contributed by atoms with Crippen LogP contribution in [0.3, 0.4) is 0 Å². The van der Waals surface area contributed by atoms with Crippen LogP contribution in [0.5, 0.6) is 0 Å². The summed E-state index contributed by atoms with van der Waals surface area (Å²) in [6.07, 6.45) is 1.47. The van der Waals surface area contributed by atoms with Crippen LogP contribution in [0.2, 0.25) is 0 Å². The van der Waals surface area contributed by atoms with E-state index in [1.54, 1.807) is 16.8 Å². The number of likely N-dealkylation sites (tertiary alicyclic amines) is 1. The van der Waals surface area contributed by atoms with Crippen molar-refractivity contribution in [1.29, 1.82) is 0 Å². The Balaban J connectivity index is 0.00000225. The lowest BCUT2D eigenvalue weighted by Gasteiger charge is -2.21. The molecule has 16 heavy (non-hydrogen) atoms. The number of nitrogens with zero attached hydrogens (tertiary/aromatic N) is 2. The van der Waals surface area contributed by atoms with E-state index in [-0.39, 0.29) is 30.8 Å². The van der Waals surface area contributed by atoms with Crippen molar-refractivity contribution < 1.29 is 9.59 Å². The van der Waals surface area contributed by atoms with Gasteiger partial charge in [0.15, 0.2) is 0 Å². The first-order valence-corrected chi connectivity index (χ1v) is 5.31. The zero-order valence-corrected chi connectivity index (χ0v) is 10.7. The maximum Gasteiger partial charge on any atom is 0.241 e. The van der Waals surface area contributed by atoms with Gasteiger partial charge in [-0.3, -0.25) is 9.59 Å². The fourth-order valence-electron chi connectivity index (χ4n) is 1.56. The van der Waals surface area contributed by atoms with E-state index in [1.165, 1.54) is 0 Å². The Morgan fingerprint density at radius 3 is 2.75 bits per heavy atom. The van der Waals surface area contributed by atoms with E-state index < -0.39 is 0 Å².